The Morgan fingerprint density at radius 3 is 0.986 bits per heavy atom. The molecule has 0 unspecified atom stereocenters. The summed E-state index contributed by atoms with van der Waals surface area (Å²) in [5.74, 6) is 1.06. The Balaban J connectivity index is 0.915. The normalized spacial score (nSPS) is 12.0. The molecule has 8 aromatic rings. The summed E-state index contributed by atoms with van der Waals surface area (Å²) in [6.45, 7) is 4.24. The molecule has 0 aliphatic rings. The van der Waals surface area contributed by atoms with Crippen LogP contribution in [0.4, 0.5) is 0 Å². The number of rotatable bonds is 17. The van der Waals surface area contributed by atoms with Gasteiger partial charge in [-0.1, -0.05) is 67.6 Å². The van der Waals surface area contributed by atoms with Gasteiger partial charge in [-0.15, -0.1) is 0 Å². The largest absolute Gasteiger partial charge is 0.494 e. The molecule has 0 spiro atoms. The molecule has 70 heavy (non-hydrogen) atoms. The fraction of sp³-hybridized carbons (Fsp3) is 0.0769. The highest BCUT2D eigenvalue weighted by molar-refractivity contribution is 7.92. The molecular weight excluding hydrogens is 977 g/mol. The monoisotopic (exact) mass is 1020 g/mol. The average molecular weight is 1020 g/mol. The first kappa shape index (κ1) is 49.1. The SMILES string of the molecule is CCOc1ccc(S(=O)(=O)c2ccc(Oc3ccc(-c4ccc(Oc5ccc(S(=O)(=O)c6ccc(Oc7ccc(-c8ccc(CC)cc8)cc7)c(S(=O)(=O)O)c6)cc5)cc4)cc3)c(S(=O)(=O)O)c2)cc1. The summed E-state index contributed by atoms with van der Waals surface area (Å²) in [6, 6.07) is 45.8. The molecule has 0 amide bonds. The molecule has 0 radical (unpaired) electrons. The zero-order valence-electron chi connectivity index (χ0n) is 37.2. The maximum Gasteiger partial charge on any atom is 0.298 e. The summed E-state index contributed by atoms with van der Waals surface area (Å²) in [4.78, 5) is -2.51. The van der Waals surface area contributed by atoms with E-state index in [4.69, 9.17) is 18.9 Å². The number of sulfone groups is 2. The second-order valence-corrected chi connectivity index (χ2v) is 22.2. The lowest BCUT2D eigenvalue weighted by atomic mass is 10.0. The molecule has 0 saturated carbocycles. The topological polar surface area (TPSA) is 214 Å². The van der Waals surface area contributed by atoms with Crippen LogP contribution in [-0.4, -0.2) is 49.4 Å². The van der Waals surface area contributed by atoms with E-state index in [9.17, 15) is 42.8 Å². The number of hydrogen-bond acceptors (Lipinski definition) is 12. The van der Waals surface area contributed by atoms with Crippen LogP contribution in [0, 0.1) is 0 Å². The second kappa shape index (κ2) is 20.0. The van der Waals surface area contributed by atoms with E-state index in [-0.39, 0.29) is 37.7 Å². The van der Waals surface area contributed by atoms with Gasteiger partial charge >= 0.3 is 0 Å². The average Bonchev–Trinajstić information content (AvgIpc) is 3.35. The smallest absolute Gasteiger partial charge is 0.298 e. The molecule has 0 aromatic heterocycles. The van der Waals surface area contributed by atoms with E-state index < -0.39 is 54.6 Å². The van der Waals surface area contributed by atoms with E-state index in [1.807, 2.05) is 24.3 Å². The Morgan fingerprint density at radius 1 is 0.357 bits per heavy atom. The second-order valence-electron chi connectivity index (χ2n) is 15.5. The molecule has 18 heteroatoms. The maximum absolute atomic E-state index is 13.7. The summed E-state index contributed by atoms with van der Waals surface area (Å²) < 4.78 is 147. The van der Waals surface area contributed by atoms with Crippen molar-refractivity contribution >= 4 is 39.9 Å². The quantitative estimate of drug-likeness (QED) is 0.0812. The Morgan fingerprint density at radius 2 is 0.657 bits per heavy atom. The fourth-order valence-corrected chi connectivity index (χ4v) is 11.2. The molecule has 0 aliphatic carbocycles. The summed E-state index contributed by atoms with van der Waals surface area (Å²) in [5.41, 5.74) is 4.58. The van der Waals surface area contributed by atoms with Gasteiger partial charge in [0.15, 0.2) is 0 Å². The Bertz CT molecular complexity index is 3640. The van der Waals surface area contributed by atoms with Crippen molar-refractivity contribution < 1.29 is 61.7 Å². The minimum atomic E-state index is -4.93. The van der Waals surface area contributed by atoms with Gasteiger partial charge in [-0.05, 0) is 162 Å². The zero-order chi connectivity index (χ0) is 49.8. The highest BCUT2D eigenvalue weighted by atomic mass is 32.2. The van der Waals surface area contributed by atoms with Crippen molar-refractivity contribution in [2.45, 2.75) is 49.6 Å². The number of ether oxygens (including phenoxy) is 4. The standard InChI is InChI=1S/C52H42O14S4/c1-3-35-5-7-36(8-6-35)37-11-17-43(18-12-37)65-50-32-30-48(34-52(50)70(60,61)62)68(55,56)46-27-23-42(24-28-46)64-41-15-9-38(10-16-41)39-13-19-44(20-14-39)66-49-31-29-47(33-51(49)69(57,58)59)67(53,54)45-25-21-40(22-26-45)63-4-2/h5-34H,3-4H2,1-2H3,(H,57,58,59)(H,60,61,62). The van der Waals surface area contributed by atoms with Gasteiger partial charge in [-0.2, -0.15) is 16.8 Å². The molecule has 0 heterocycles. The van der Waals surface area contributed by atoms with Gasteiger partial charge in [0.1, 0.15) is 50.0 Å². The van der Waals surface area contributed by atoms with E-state index >= 15 is 0 Å². The van der Waals surface area contributed by atoms with Crippen LogP contribution in [0.2, 0.25) is 0 Å². The number of aryl methyl sites for hydroxylation is 1. The third kappa shape index (κ3) is 11.1. The third-order valence-electron chi connectivity index (χ3n) is 10.9. The first-order chi connectivity index (χ1) is 33.3. The summed E-state index contributed by atoms with van der Waals surface area (Å²) in [7, 11) is -18.3. The van der Waals surface area contributed by atoms with Crippen LogP contribution in [0.3, 0.4) is 0 Å². The molecule has 8 rings (SSSR count). The highest BCUT2D eigenvalue weighted by Gasteiger charge is 2.27. The molecular formula is C52H42O14S4. The lowest BCUT2D eigenvalue weighted by molar-refractivity contribution is 0.340. The summed E-state index contributed by atoms with van der Waals surface area (Å²) in [5, 5.41) is 0. The van der Waals surface area contributed by atoms with Crippen LogP contribution in [0.5, 0.6) is 40.2 Å². The van der Waals surface area contributed by atoms with Crippen molar-refractivity contribution in [1.82, 2.24) is 0 Å². The Kier molecular flexibility index (Phi) is 14.0. The van der Waals surface area contributed by atoms with Crippen molar-refractivity contribution in [2.24, 2.45) is 0 Å². The lowest BCUT2D eigenvalue weighted by Gasteiger charge is -2.13. The van der Waals surface area contributed by atoms with E-state index in [1.54, 1.807) is 79.7 Å². The van der Waals surface area contributed by atoms with Gasteiger partial charge in [-0.3, -0.25) is 9.11 Å². The molecule has 0 bridgehead atoms. The molecule has 2 N–H and O–H groups in total. The minimum Gasteiger partial charge on any atom is -0.494 e. The Labute approximate surface area is 405 Å². The van der Waals surface area contributed by atoms with E-state index in [1.165, 1.54) is 72.3 Å². The molecule has 0 atom stereocenters. The predicted molar refractivity (Wildman–Crippen MR) is 261 cm³/mol. The minimum absolute atomic E-state index is 0.107. The zero-order valence-corrected chi connectivity index (χ0v) is 40.4. The van der Waals surface area contributed by atoms with E-state index in [2.05, 4.69) is 6.92 Å². The Hall–Kier alpha value is -7.32. The van der Waals surface area contributed by atoms with Gasteiger partial charge in [0.2, 0.25) is 19.7 Å². The van der Waals surface area contributed by atoms with Crippen LogP contribution in [0.15, 0.2) is 211 Å². The van der Waals surface area contributed by atoms with E-state index in [0.29, 0.717) is 23.9 Å². The lowest BCUT2D eigenvalue weighted by Crippen LogP contribution is -2.06. The number of benzene rings is 8. The molecule has 358 valence electrons. The van der Waals surface area contributed by atoms with E-state index in [0.717, 1.165) is 46.9 Å². The van der Waals surface area contributed by atoms with Crippen LogP contribution in [-0.2, 0) is 46.3 Å². The van der Waals surface area contributed by atoms with Gasteiger partial charge in [0.05, 0.1) is 26.2 Å². The third-order valence-corrected chi connectivity index (χ3v) is 16.2. The van der Waals surface area contributed by atoms with Gasteiger partial charge in [0, 0.05) is 0 Å². The van der Waals surface area contributed by atoms with Crippen LogP contribution in [0.1, 0.15) is 19.4 Å². The molecule has 8 aromatic carbocycles. The van der Waals surface area contributed by atoms with Crippen molar-refractivity contribution in [3.8, 4) is 62.5 Å². The van der Waals surface area contributed by atoms with Gasteiger partial charge < -0.3 is 18.9 Å². The van der Waals surface area contributed by atoms with Crippen LogP contribution >= 0.6 is 0 Å². The first-order valence-corrected chi connectivity index (χ1v) is 27.2. The first-order valence-electron chi connectivity index (χ1n) is 21.3. The molecule has 14 nitrogen and oxygen atoms in total. The summed E-state index contributed by atoms with van der Waals surface area (Å²) in [6.07, 6.45) is 0.911. The van der Waals surface area contributed by atoms with Crippen molar-refractivity contribution in [1.29, 1.82) is 0 Å². The van der Waals surface area contributed by atoms with Crippen molar-refractivity contribution in [2.75, 3.05) is 6.61 Å². The molecule has 0 saturated heterocycles. The van der Waals surface area contributed by atoms with Crippen LogP contribution < -0.4 is 18.9 Å². The summed E-state index contributed by atoms with van der Waals surface area (Å²) >= 11 is 0. The number of hydrogen-bond donors (Lipinski definition) is 2. The maximum atomic E-state index is 13.7. The highest BCUT2D eigenvalue weighted by Crippen LogP contribution is 2.37. The molecule has 0 fully saturated rings. The molecule has 0 aliphatic heterocycles. The predicted octanol–water partition coefficient (Wildman–Crippen LogP) is 11.5. The van der Waals surface area contributed by atoms with Gasteiger partial charge in [0.25, 0.3) is 20.2 Å². The van der Waals surface area contributed by atoms with Crippen molar-refractivity contribution in [3.63, 3.8) is 0 Å². The van der Waals surface area contributed by atoms with Crippen LogP contribution in [0.25, 0.3) is 22.3 Å². The fourth-order valence-electron chi connectivity index (χ4n) is 7.19. The van der Waals surface area contributed by atoms with Gasteiger partial charge in [-0.25, -0.2) is 16.8 Å². The van der Waals surface area contributed by atoms with Crippen molar-refractivity contribution in [3.05, 3.63) is 188 Å².